The predicted molar refractivity (Wildman–Crippen MR) is 116 cm³/mol. The van der Waals surface area contributed by atoms with Crippen LogP contribution in [-0.2, 0) is 4.79 Å². The number of anilines is 2. The summed E-state index contributed by atoms with van der Waals surface area (Å²) in [4.78, 5) is 29.0. The molecule has 1 saturated carbocycles. The summed E-state index contributed by atoms with van der Waals surface area (Å²) >= 11 is 0. The summed E-state index contributed by atoms with van der Waals surface area (Å²) in [6.45, 7) is 0.794. The highest BCUT2D eigenvalue weighted by Crippen LogP contribution is 2.37. The third-order valence-electron chi connectivity index (χ3n) is 6.04. The summed E-state index contributed by atoms with van der Waals surface area (Å²) in [5, 5.41) is 3.39. The molecule has 0 spiro atoms. The van der Waals surface area contributed by atoms with Crippen LogP contribution in [0.5, 0.6) is 0 Å². The van der Waals surface area contributed by atoms with Gasteiger partial charge in [0, 0.05) is 42.2 Å². The number of hydrogen-bond donors (Lipinski definition) is 1. The summed E-state index contributed by atoms with van der Waals surface area (Å²) in [6, 6.07) is 15.8. The number of pyridine rings is 1. The van der Waals surface area contributed by atoms with E-state index in [9.17, 15) is 4.79 Å². The Morgan fingerprint density at radius 3 is 2.60 bits per heavy atom. The van der Waals surface area contributed by atoms with Crippen molar-refractivity contribution in [2.45, 2.75) is 38.1 Å². The first kappa shape index (κ1) is 18.7. The number of benzene rings is 1. The van der Waals surface area contributed by atoms with E-state index in [2.05, 4.69) is 10.3 Å². The lowest BCUT2D eigenvalue weighted by atomic mass is 9.84. The molecule has 1 saturated heterocycles. The van der Waals surface area contributed by atoms with Gasteiger partial charge in [-0.2, -0.15) is 0 Å². The van der Waals surface area contributed by atoms with Crippen molar-refractivity contribution >= 4 is 17.4 Å². The molecule has 3 aromatic rings. The molecule has 0 unspecified atom stereocenters. The van der Waals surface area contributed by atoms with Crippen molar-refractivity contribution < 1.29 is 4.79 Å². The number of carbonyl (C=O) groups excluding carboxylic acids is 1. The van der Waals surface area contributed by atoms with Gasteiger partial charge in [-0.15, -0.1) is 0 Å². The second-order valence-electron chi connectivity index (χ2n) is 8.05. The van der Waals surface area contributed by atoms with E-state index in [1.807, 2.05) is 59.6 Å². The lowest BCUT2D eigenvalue weighted by Gasteiger charge is -2.32. The van der Waals surface area contributed by atoms with Crippen LogP contribution in [0.2, 0.25) is 0 Å². The Bertz CT molecular complexity index is 1020. The fourth-order valence-corrected chi connectivity index (χ4v) is 4.20. The van der Waals surface area contributed by atoms with Crippen LogP contribution in [0.25, 0.3) is 11.3 Å². The largest absolute Gasteiger partial charge is 0.340 e. The van der Waals surface area contributed by atoms with Crippen LogP contribution in [0.1, 0.15) is 44.0 Å². The van der Waals surface area contributed by atoms with E-state index in [1.165, 1.54) is 0 Å². The van der Waals surface area contributed by atoms with Crippen LogP contribution in [0.4, 0.5) is 11.5 Å². The topological polar surface area (TPSA) is 71.0 Å². The van der Waals surface area contributed by atoms with Crippen LogP contribution in [0.3, 0.4) is 0 Å². The minimum atomic E-state index is -0.0638. The molecule has 1 N–H and O–H groups in total. The Balaban J connectivity index is 1.51. The van der Waals surface area contributed by atoms with Gasteiger partial charge >= 0.3 is 0 Å². The lowest BCUT2D eigenvalue weighted by molar-refractivity contribution is -0.139. The molecule has 2 aromatic heterocycles. The minimum absolute atomic E-state index is 0.0638. The average Bonchev–Trinajstić information content (AvgIpc) is 3.24. The quantitative estimate of drug-likeness (QED) is 0.671. The monoisotopic (exact) mass is 399 g/mol. The molecule has 1 aliphatic heterocycles. The number of hydrogen-bond acceptors (Lipinski definition) is 5. The Labute approximate surface area is 176 Å². The molecule has 6 nitrogen and oxygen atoms in total. The van der Waals surface area contributed by atoms with Gasteiger partial charge in [0.15, 0.2) is 5.82 Å². The fraction of sp³-hybridized carbons (Fsp3) is 0.333. The van der Waals surface area contributed by atoms with Crippen molar-refractivity contribution in [1.29, 1.82) is 0 Å². The predicted octanol–water partition coefficient (Wildman–Crippen LogP) is 4.75. The van der Waals surface area contributed by atoms with Crippen molar-refractivity contribution in [3.05, 3.63) is 66.7 Å². The number of para-hydroxylation sites is 1. The lowest BCUT2D eigenvalue weighted by Crippen LogP contribution is -2.38. The van der Waals surface area contributed by atoms with Crippen LogP contribution in [-0.4, -0.2) is 32.3 Å². The Morgan fingerprint density at radius 1 is 1.00 bits per heavy atom. The first-order valence-corrected chi connectivity index (χ1v) is 10.7. The molecule has 5 rings (SSSR count). The van der Waals surface area contributed by atoms with Crippen molar-refractivity contribution in [2.75, 3.05) is 11.9 Å². The molecule has 0 radical (unpaired) electrons. The van der Waals surface area contributed by atoms with E-state index >= 15 is 0 Å². The summed E-state index contributed by atoms with van der Waals surface area (Å²) < 4.78 is 0. The van der Waals surface area contributed by atoms with Gasteiger partial charge in [-0.3, -0.25) is 9.78 Å². The van der Waals surface area contributed by atoms with Gasteiger partial charge in [-0.25, -0.2) is 9.97 Å². The van der Waals surface area contributed by atoms with E-state index in [1.54, 1.807) is 6.20 Å². The van der Waals surface area contributed by atoms with E-state index in [0.29, 0.717) is 5.82 Å². The average molecular weight is 399 g/mol. The van der Waals surface area contributed by atoms with Gasteiger partial charge in [0.2, 0.25) is 5.91 Å². The summed E-state index contributed by atoms with van der Waals surface area (Å²) in [5.41, 5.74) is 2.72. The maximum atomic E-state index is 13.0. The highest BCUT2D eigenvalue weighted by Gasteiger charge is 2.37. The van der Waals surface area contributed by atoms with Crippen molar-refractivity contribution in [2.24, 2.45) is 5.92 Å². The summed E-state index contributed by atoms with van der Waals surface area (Å²) in [7, 11) is 0. The number of carbonyl (C=O) groups is 1. The molecule has 1 atom stereocenters. The standard InChI is InChI=1S/C24H25N5O/c30-24(17-7-4-8-17)29-14-6-12-21(29)23-27-20(18-9-5-13-25-16-18)15-22(28-23)26-19-10-2-1-3-11-19/h1-3,5,9-11,13,15-17,21H,4,6-8,12,14H2,(H,26,27,28)/t21-/m1/s1. The number of likely N-dealkylation sites (tertiary alicyclic amines) is 1. The molecule has 3 heterocycles. The van der Waals surface area contributed by atoms with E-state index in [0.717, 1.165) is 61.4 Å². The fourth-order valence-electron chi connectivity index (χ4n) is 4.20. The van der Waals surface area contributed by atoms with Gasteiger partial charge in [-0.05, 0) is 49.9 Å². The third-order valence-corrected chi connectivity index (χ3v) is 6.04. The molecule has 1 aromatic carbocycles. The number of nitrogens with zero attached hydrogens (tertiary/aromatic N) is 4. The molecule has 0 bridgehead atoms. The molecule has 6 heteroatoms. The van der Waals surface area contributed by atoms with Gasteiger partial charge < -0.3 is 10.2 Å². The third kappa shape index (κ3) is 3.77. The van der Waals surface area contributed by atoms with E-state index in [4.69, 9.17) is 9.97 Å². The zero-order chi connectivity index (χ0) is 20.3. The first-order valence-electron chi connectivity index (χ1n) is 10.7. The number of aromatic nitrogens is 3. The van der Waals surface area contributed by atoms with E-state index < -0.39 is 0 Å². The highest BCUT2D eigenvalue weighted by atomic mass is 16.2. The van der Waals surface area contributed by atoms with Crippen LogP contribution in [0.15, 0.2) is 60.9 Å². The zero-order valence-corrected chi connectivity index (χ0v) is 16.9. The van der Waals surface area contributed by atoms with E-state index in [-0.39, 0.29) is 17.9 Å². The highest BCUT2D eigenvalue weighted by molar-refractivity contribution is 5.80. The molecule has 1 amide bonds. The summed E-state index contributed by atoms with van der Waals surface area (Å²) in [6.07, 6.45) is 8.64. The van der Waals surface area contributed by atoms with Crippen LogP contribution in [0, 0.1) is 5.92 Å². The Kier molecular flexibility index (Phi) is 5.13. The second kappa shape index (κ2) is 8.22. The van der Waals surface area contributed by atoms with Gasteiger partial charge in [-0.1, -0.05) is 24.6 Å². The molecule has 152 valence electrons. The Morgan fingerprint density at radius 2 is 1.87 bits per heavy atom. The van der Waals surface area contributed by atoms with Gasteiger partial charge in [0.25, 0.3) is 0 Å². The zero-order valence-electron chi connectivity index (χ0n) is 16.9. The molecular formula is C24H25N5O. The Hall–Kier alpha value is -3.28. The summed E-state index contributed by atoms with van der Waals surface area (Å²) in [5.74, 6) is 1.90. The smallest absolute Gasteiger partial charge is 0.226 e. The first-order chi connectivity index (χ1) is 14.8. The molecule has 1 aliphatic carbocycles. The molecular weight excluding hydrogens is 374 g/mol. The second-order valence-corrected chi connectivity index (χ2v) is 8.05. The number of amides is 1. The maximum absolute atomic E-state index is 13.0. The maximum Gasteiger partial charge on any atom is 0.226 e. The molecule has 30 heavy (non-hydrogen) atoms. The normalized spacial score (nSPS) is 18.8. The minimum Gasteiger partial charge on any atom is -0.340 e. The van der Waals surface area contributed by atoms with Crippen LogP contribution < -0.4 is 5.32 Å². The van der Waals surface area contributed by atoms with Gasteiger partial charge in [0.1, 0.15) is 5.82 Å². The van der Waals surface area contributed by atoms with Crippen molar-refractivity contribution in [3.8, 4) is 11.3 Å². The van der Waals surface area contributed by atoms with Crippen molar-refractivity contribution in [3.63, 3.8) is 0 Å². The number of rotatable bonds is 5. The SMILES string of the molecule is O=C(C1CCC1)N1CCC[C@@H]1c1nc(Nc2ccccc2)cc(-c2cccnc2)n1. The number of nitrogens with one attached hydrogen (secondary N) is 1. The molecule has 2 fully saturated rings. The molecule has 2 aliphatic rings. The van der Waals surface area contributed by atoms with Crippen molar-refractivity contribution in [1.82, 2.24) is 19.9 Å². The van der Waals surface area contributed by atoms with Crippen LogP contribution >= 0.6 is 0 Å². The van der Waals surface area contributed by atoms with Gasteiger partial charge in [0.05, 0.1) is 11.7 Å².